The average Bonchev–Trinajstić information content (AvgIpc) is 2.60. The number of ether oxygens (including phenoxy) is 2. The normalized spacial score (nSPS) is 19.7. The van der Waals surface area contributed by atoms with E-state index in [1.807, 2.05) is 6.92 Å². The van der Waals surface area contributed by atoms with E-state index in [0.29, 0.717) is 29.0 Å². The summed E-state index contributed by atoms with van der Waals surface area (Å²) in [5, 5.41) is 3.22. The number of hydrogen-bond acceptors (Lipinski definition) is 6. The molecule has 0 radical (unpaired) electrons. The van der Waals surface area contributed by atoms with Crippen LogP contribution in [0, 0.1) is 0 Å². The third-order valence-corrected chi connectivity index (χ3v) is 4.66. The Kier molecular flexibility index (Phi) is 4.93. The second-order valence-electron chi connectivity index (χ2n) is 6.42. The van der Waals surface area contributed by atoms with Crippen LogP contribution in [0.3, 0.4) is 0 Å². The topological polar surface area (TPSA) is 81.7 Å². The van der Waals surface area contributed by atoms with Gasteiger partial charge in [0.05, 0.1) is 12.7 Å². The number of Topliss-reactive ketones (excluding diaryl/α,β-unsaturated/α-hetero) is 1. The fourth-order valence-electron chi connectivity index (χ4n) is 3.59. The third kappa shape index (κ3) is 3.27. The highest BCUT2D eigenvalue weighted by atomic mass is 16.5. The van der Waals surface area contributed by atoms with Gasteiger partial charge in [0.25, 0.3) is 0 Å². The van der Waals surface area contributed by atoms with Crippen molar-refractivity contribution in [1.82, 2.24) is 5.32 Å². The maximum absolute atomic E-state index is 12.6. The fourth-order valence-corrected chi connectivity index (χ4v) is 3.59. The van der Waals surface area contributed by atoms with E-state index in [4.69, 9.17) is 9.47 Å². The molecule has 0 aromatic heterocycles. The molecule has 1 aromatic carbocycles. The summed E-state index contributed by atoms with van der Waals surface area (Å²) < 4.78 is 10.0. The summed E-state index contributed by atoms with van der Waals surface area (Å²) in [6.07, 6.45) is 2.04. The van der Waals surface area contributed by atoms with Crippen molar-refractivity contribution in [3.63, 3.8) is 0 Å². The Hall–Kier alpha value is -2.89. The third-order valence-electron chi connectivity index (χ3n) is 4.66. The summed E-state index contributed by atoms with van der Waals surface area (Å²) in [7, 11) is 1.33. The molecule has 3 rings (SSSR count). The van der Waals surface area contributed by atoms with Gasteiger partial charge in [-0.05, 0) is 37.5 Å². The first-order valence-electron chi connectivity index (χ1n) is 8.53. The Bertz CT molecular complexity index is 832. The number of benzene rings is 1. The van der Waals surface area contributed by atoms with E-state index in [1.165, 1.54) is 14.0 Å². The Morgan fingerprint density at radius 3 is 2.46 bits per heavy atom. The van der Waals surface area contributed by atoms with Crippen molar-refractivity contribution in [1.29, 1.82) is 0 Å². The molecule has 1 aromatic rings. The Morgan fingerprint density at radius 1 is 1.15 bits per heavy atom. The number of esters is 2. The van der Waals surface area contributed by atoms with Crippen molar-refractivity contribution in [2.45, 2.75) is 39.0 Å². The number of rotatable bonds is 3. The number of ketones is 1. The molecule has 0 saturated heterocycles. The molecule has 6 nitrogen and oxygen atoms in total. The molecule has 1 N–H and O–H groups in total. The van der Waals surface area contributed by atoms with E-state index in [2.05, 4.69) is 5.32 Å². The maximum Gasteiger partial charge on any atom is 0.336 e. The molecule has 0 amide bonds. The molecule has 1 atom stereocenters. The van der Waals surface area contributed by atoms with Crippen LogP contribution in [0.25, 0.3) is 0 Å². The predicted molar refractivity (Wildman–Crippen MR) is 94.2 cm³/mol. The molecule has 1 aliphatic carbocycles. The minimum Gasteiger partial charge on any atom is -0.466 e. The minimum absolute atomic E-state index is 0.0433. The molecule has 1 heterocycles. The first-order valence-corrected chi connectivity index (χ1v) is 8.53. The van der Waals surface area contributed by atoms with Crippen LogP contribution in [0.1, 0.15) is 44.6 Å². The van der Waals surface area contributed by atoms with Crippen LogP contribution in [-0.4, -0.2) is 24.8 Å². The van der Waals surface area contributed by atoms with E-state index in [1.54, 1.807) is 24.3 Å². The van der Waals surface area contributed by atoms with E-state index in [-0.39, 0.29) is 5.78 Å². The van der Waals surface area contributed by atoms with Crippen molar-refractivity contribution >= 4 is 17.7 Å². The van der Waals surface area contributed by atoms with Crippen LogP contribution >= 0.6 is 0 Å². The van der Waals surface area contributed by atoms with Gasteiger partial charge in [-0.3, -0.25) is 9.59 Å². The minimum atomic E-state index is -0.488. The Morgan fingerprint density at radius 2 is 1.85 bits per heavy atom. The van der Waals surface area contributed by atoms with Crippen LogP contribution < -0.4 is 10.1 Å². The van der Waals surface area contributed by atoms with Gasteiger partial charge < -0.3 is 14.8 Å². The molecular formula is C20H21NO5. The molecule has 1 aliphatic heterocycles. The first kappa shape index (κ1) is 17.9. The maximum atomic E-state index is 12.6. The van der Waals surface area contributed by atoms with Gasteiger partial charge in [-0.2, -0.15) is 0 Å². The molecule has 2 aliphatic rings. The van der Waals surface area contributed by atoms with E-state index in [0.717, 1.165) is 24.1 Å². The van der Waals surface area contributed by atoms with Gasteiger partial charge in [0.1, 0.15) is 5.75 Å². The van der Waals surface area contributed by atoms with Crippen molar-refractivity contribution in [3.05, 3.63) is 52.4 Å². The first-order chi connectivity index (χ1) is 12.4. The number of nitrogens with one attached hydrogen (secondary N) is 1. The lowest BCUT2D eigenvalue weighted by atomic mass is 9.75. The van der Waals surface area contributed by atoms with Crippen LogP contribution in [0.5, 0.6) is 5.75 Å². The zero-order valence-electron chi connectivity index (χ0n) is 15.0. The number of methoxy groups -OCH3 is 1. The highest BCUT2D eigenvalue weighted by molar-refractivity contribution is 6.03. The summed E-state index contributed by atoms with van der Waals surface area (Å²) in [5.41, 5.74) is 3.41. The van der Waals surface area contributed by atoms with Crippen LogP contribution in [0.15, 0.2) is 46.8 Å². The molecule has 26 heavy (non-hydrogen) atoms. The van der Waals surface area contributed by atoms with Gasteiger partial charge in [-0.1, -0.05) is 12.1 Å². The van der Waals surface area contributed by atoms with Gasteiger partial charge >= 0.3 is 11.9 Å². The summed E-state index contributed by atoms with van der Waals surface area (Å²) in [6.45, 7) is 3.15. The van der Waals surface area contributed by atoms with Crippen molar-refractivity contribution < 1.29 is 23.9 Å². The molecule has 0 fully saturated rings. The average molecular weight is 355 g/mol. The zero-order valence-corrected chi connectivity index (χ0v) is 15.0. The second kappa shape index (κ2) is 7.15. The van der Waals surface area contributed by atoms with Crippen molar-refractivity contribution in [2.24, 2.45) is 0 Å². The Labute approximate surface area is 151 Å². The second-order valence-corrected chi connectivity index (χ2v) is 6.42. The molecule has 0 spiro atoms. The van der Waals surface area contributed by atoms with Crippen LogP contribution in [0.2, 0.25) is 0 Å². The summed E-state index contributed by atoms with van der Waals surface area (Å²) in [4.78, 5) is 36.2. The molecule has 0 saturated carbocycles. The molecule has 0 unspecified atom stereocenters. The van der Waals surface area contributed by atoms with Crippen LogP contribution in [0.4, 0.5) is 0 Å². The standard InChI is InChI=1S/C20H21NO5/c1-11-17(20(24)25-3)18(19-15(21-11)5-4-6-16(19)23)13-7-9-14(10-8-13)26-12(2)22/h7-10,18,21H,4-6H2,1-3H3/t18-/m1/s1. The van der Waals surface area contributed by atoms with Gasteiger partial charge in [-0.25, -0.2) is 4.79 Å². The van der Waals surface area contributed by atoms with E-state index in [9.17, 15) is 14.4 Å². The summed E-state index contributed by atoms with van der Waals surface area (Å²) in [6, 6.07) is 6.88. The van der Waals surface area contributed by atoms with Crippen molar-refractivity contribution in [2.75, 3.05) is 7.11 Å². The fraction of sp³-hybridized carbons (Fsp3) is 0.350. The number of allylic oxidation sites excluding steroid dienone is 3. The number of carbonyl (C=O) groups is 3. The van der Waals surface area contributed by atoms with Crippen LogP contribution in [-0.2, 0) is 19.1 Å². The molecule has 0 bridgehead atoms. The SMILES string of the molecule is COC(=O)C1=C(C)NC2=C(C(=O)CCC2)[C@@H]1c1ccc(OC(C)=O)cc1. The smallest absolute Gasteiger partial charge is 0.336 e. The monoisotopic (exact) mass is 355 g/mol. The zero-order chi connectivity index (χ0) is 18.8. The summed E-state index contributed by atoms with van der Waals surface area (Å²) in [5.74, 6) is -0.897. The van der Waals surface area contributed by atoms with E-state index >= 15 is 0 Å². The Balaban J connectivity index is 2.09. The van der Waals surface area contributed by atoms with E-state index < -0.39 is 17.9 Å². The quantitative estimate of drug-likeness (QED) is 0.663. The molecule has 6 heteroatoms. The van der Waals surface area contributed by atoms with Gasteiger partial charge in [0.2, 0.25) is 0 Å². The highest BCUT2D eigenvalue weighted by Crippen LogP contribution is 2.42. The largest absolute Gasteiger partial charge is 0.466 e. The lowest BCUT2D eigenvalue weighted by Gasteiger charge is -2.34. The molecular weight excluding hydrogens is 334 g/mol. The number of carbonyl (C=O) groups excluding carboxylic acids is 3. The number of dihydropyridines is 1. The predicted octanol–water partition coefficient (Wildman–Crippen LogP) is 2.75. The summed E-state index contributed by atoms with van der Waals surface area (Å²) >= 11 is 0. The highest BCUT2D eigenvalue weighted by Gasteiger charge is 2.38. The van der Waals surface area contributed by atoms with Crippen molar-refractivity contribution in [3.8, 4) is 5.75 Å². The van der Waals surface area contributed by atoms with Gasteiger partial charge in [0.15, 0.2) is 5.78 Å². The van der Waals surface area contributed by atoms with Gasteiger partial charge in [-0.15, -0.1) is 0 Å². The lowest BCUT2D eigenvalue weighted by Crippen LogP contribution is -2.34. The lowest BCUT2D eigenvalue weighted by molar-refractivity contribution is -0.136. The number of hydrogen-bond donors (Lipinski definition) is 1. The molecule has 136 valence electrons. The van der Waals surface area contributed by atoms with Gasteiger partial charge in [0, 0.05) is 36.2 Å².